The van der Waals surface area contributed by atoms with Gasteiger partial charge >= 0.3 is 0 Å². The summed E-state index contributed by atoms with van der Waals surface area (Å²) in [5.74, 6) is 0. The van der Waals surface area contributed by atoms with E-state index in [0.717, 1.165) is 13.0 Å². The quantitative estimate of drug-likeness (QED) is 0.593. The fourth-order valence-corrected chi connectivity index (χ4v) is 1.11. The van der Waals surface area contributed by atoms with Gasteiger partial charge in [-0.25, -0.2) is 0 Å². The number of unbranched alkanes of at least 4 members (excludes halogenated alkanes) is 4. The fourth-order valence-electron chi connectivity index (χ4n) is 1.11. The van der Waals surface area contributed by atoms with Crippen molar-refractivity contribution in [3.63, 3.8) is 0 Å². The van der Waals surface area contributed by atoms with Gasteiger partial charge in [-0.1, -0.05) is 32.6 Å². The summed E-state index contributed by atoms with van der Waals surface area (Å²) in [4.78, 5) is 0. The lowest BCUT2D eigenvalue weighted by Gasteiger charge is -2.15. The number of aliphatic hydroxyl groups is 1. The maximum Gasteiger partial charge on any atom is 0.0803 e. The number of rotatable bonds is 8. The molecule has 0 aliphatic rings. The Balaban J connectivity index is 3.07. The molecule has 80 valence electrons. The third kappa shape index (κ3) is 8.26. The third-order valence-electron chi connectivity index (χ3n) is 2.31. The molecular formula is C11H24O2. The second-order valence-corrected chi connectivity index (χ2v) is 3.73. The lowest BCUT2D eigenvalue weighted by Crippen LogP contribution is -2.23. The van der Waals surface area contributed by atoms with E-state index in [2.05, 4.69) is 6.92 Å². The summed E-state index contributed by atoms with van der Waals surface area (Å²) < 4.78 is 5.43. The maximum atomic E-state index is 9.14. The highest BCUT2D eigenvalue weighted by Gasteiger charge is 2.07. The highest BCUT2D eigenvalue weighted by molar-refractivity contribution is 4.56. The van der Waals surface area contributed by atoms with Crippen molar-refractivity contribution in [1.82, 2.24) is 0 Å². The molecule has 0 bridgehead atoms. The number of ether oxygens (including phenoxy) is 1. The first-order valence-electron chi connectivity index (χ1n) is 5.48. The highest BCUT2D eigenvalue weighted by Crippen LogP contribution is 2.04. The standard InChI is InChI=1S/C11H24O2/c1-4-5-6-7-8-9-13-11(3)10(2)12/h10-12H,4-9H2,1-3H3/t10-,11?/m0/s1. The van der Waals surface area contributed by atoms with Crippen molar-refractivity contribution >= 4 is 0 Å². The van der Waals surface area contributed by atoms with E-state index in [-0.39, 0.29) is 12.2 Å². The van der Waals surface area contributed by atoms with Crippen LogP contribution in [0.25, 0.3) is 0 Å². The first-order chi connectivity index (χ1) is 6.18. The third-order valence-corrected chi connectivity index (χ3v) is 2.31. The van der Waals surface area contributed by atoms with E-state index in [1.807, 2.05) is 6.92 Å². The van der Waals surface area contributed by atoms with Gasteiger partial charge in [0.2, 0.25) is 0 Å². The molecule has 0 aromatic carbocycles. The van der Waals surface area contributed by atoms with Crippen molar-refractivity contribution in [3.8, 4) is 0 Å². The van der Waals surface area contributed by atoms with Crippen LogP contribution in [-0.2, 0) is 4.74 Å². The molecule has 0 saturated carbocycles. The molecule has 0 aromatic rings. The molecule has 0 aliphatic carbocycles. The van der Waals surface area contributed by atoms with Gasteiger partial charge in [0.05, 0.1) is 12.2 Å². The van der Waals surface area contributed by atoms with E-state index < -0.39 is 0 Å². The van der Waals surface area contributed by atoms with Crippen molar-refractivity contribution in [1.29, 1.82) is 0 Å². The minimum Gasteiger partial charge on any atom is -0.391 e. The van der Waals surface area contributed by atoms with Crippen LogP contribution in [0.5, 0.6) is 0 Å². The zero-order chi connectivity index (χ0) is 10.1. The Kier molecular flexibility index (Phi) is 8.46. The Morgan fingerprint density at radius 3 is 2.23 bits per heavy atom. The van der Waals surface area contributed by atoms with Crippen LogP contribution in [0, 0.1) is 0 Å². The predicted molar refractivity (Wildman–Crippen MR) is 55.9 cm³/mol. The Bertz CT molecular complexity index is 102. The maximum absolute atomic E-state index is 9.14. The lowest BCUT2D eigenvalue weighted by molar-refractivity contribution is -0.0194. The molecule has 0 fully saturated rings. The van der Waals surface area contributed by atoms with E-state index in [9.17, 15) is 0 Å². The van der Waals surface area contributed by atoms with Crippen LogP contribution >= 0.6 is 0 Å². The predicted octanol–water partition coefficient (Wildman–Crippen LogP) is 2.74. The lowest BCUT2D eigenvalue weighted by atomic mass is 10.2. The molecule has 2 nitrogen and oxygen atoms in total. The van der Waals surface area contributed by atoms with E-state index in [0.29, 0.717) is 0 Å². The SMILES string of the molecule is CCCCCCCOC(C)[C@H](C)O. The normalized spacial score (nSPS) is 15.7. The molecule has 0 radical (unpaired) electrons. The van der Waals surface area contributed by atoms with Gasteiger partial charge in [0.1, 0.15) is 0 Å². The van der Waals surface area contributed by atoms with Gasteiger partial charge in [0.25, 0.3) is 0 Å². The number of aliphatic hydroxyl groups excluding tert-OH is 1. The van der Waals surface area contributed by atoms with Crippen LogP contribution in [0.4, 0.5) is 0 Å². The molecule has 2 heteroatoms. The molecule has 2 atom stereocenters. The van der Waals surface area contributed by atoms with E-state index in [1.165, 1.54) is 25.7 Å². The van der Waals surface area contributed by atoms with E-state index in [4.69, 9.17) is 9.84 Å². The van der Waals surface area contributed by atoms with Crippen LogP contribution in [0.15, 0.2) is 0 Å². The summed E-state index contributed by atoms with van der Waals surface area (Å²) in [6.07, 6.45) is 5.92. The fraction of sp³-hybridized carbons (Fsp3) is 1.00. The molecule has 0 amide bonds. The van der Waals surface area contributed by atoms with Gasteiger partial charge in [0, 0.05) is 6.61 Å². The highest BCUT2D eigenvalue weighted by atomic mass is 16.5. The summed E-state index contributed by atoms with van der Waals surface area (Å²) >= 11 is 0. The molecular weight excluding hydrogens is 164 g/mol. The van der Waals surface area contributed by atoms with Crippen LogP contribution in [0.1, 0.15) is 52.9 Å². The molecule has 13 heavy (non-hydrogen) atoms. The average Bonchev–Trinajstić information content (AvgIpc) is 2.10. The Morgan fingerprint density at radius 1 is 1.08 bits per heavy atom. The van der Waals surface area contributed by atoms with Gasteiger partial charge in [-0.2, -0.15) is 0 Å². The first kappa shape index (κ1) is 12.9. The van der Waals surface area contributed by atoms with Crippen LogP contribution in [0.3, 0.4) is 0 Å². The van der Waals surface area contributed by atoms with Crippen molar-refractivity contribution in [2.75, 3.05) is 6.61 Å². The van der Waals surface area contributed by atoms with Crippen molar-refractivity contribution in [2.24, 2.45) is 0 Å². The molecule has 0 heterocycles. The zero-order valence-electron chi connectivity index (χ0n) is 9.25. The van der Waals surface area contributed by atoms with Crippen molar-refractivity contribution in [2.45, 2.75) is 65.1 Å². The van der Waals surface area contributed by atoms with Crippen molar-refractivity contribution in [3.05, 3.63) is 0 Å². The summed E-state index contributed by atoms with van der Waals surface area (Å²) in [5.41, 5.74) is 0. The Labute approximate surface area is 82.3 Å². The van der Waals surface area contributed by atoms with Gasteiger partial charge in [-0.3, -0.25) is 0 Å². The molecule has 0 rings (SSSR count). The van der Waals surface area contributed by atoms with E-state index in [1.54, 1.807) is 6.92 Å². The molecule has 1 N–H and O–H groups in total. The number of hydrogen-bond acceptors (Lipinski definition) is 2. The zero-order valence-corrected chi connectivity index (χ0v) is 9.25. The van der Waals surface area contributed by atoms with Crippen molar-refractivity contribution < 1.29 is 9.84 Å². The molecule has 0 aromatic heterocycles. The minimum absolute atomic E-state index is 0.0221. The Morgan fingerprint density at radius 2 is 1.69 bits per heavy atom. The van der Waals surface area contributed by atoms with Gasteiger partial charge in [-0.15, -0.1) is 0 Å². The minimum atomic E-state index is -0.351. The van der Waals surface area contributed by atoms with Gasteiger partial charge in [-0.05, 0) is 20.3 Å². The molecule has 1 unspecified atom stereocenters. The average molecular weight is 188 g/mol. The Hall–Kier alpha value is -0.0800. The largest absolute Gasteiger partial charge is 0.391 e. The smallest absolute Gasteiger partial charge is 0.0803 e. The first-order valence-corrected chi connectivity index (χ1v) is 5.48. The number of hydrogen-bond donors (Lipinski definition) is 1. The summed E-state index contributed by atoms with van der Waals surface area (Å²) in [6.45, 7) is 6.68. The second-order valence-electron chi connectivity index (χ2n) is 3.73. The molecule has 0 saturated heterocycles. The summed E-state index contributed by atoms with van der Waals surface area (Å²) in [6, 6.07) is 0. The van der Waals surface area contributed by atoms with Crippen LogP contribution < -0.4 is 0 Å². The second kappa shape index (κ2) is 8.52. The summed E-state index contributed by atoms with van der Waals surface area (Å²) in [7, 11) is 0. The molecule has 0 spiro atoms. The molecule has 0 aliphatic heterocycles. The summed E-state index contributed by atoms with van der Waals surface area (Å²) in [5, 5.41) is 9.14. The van der Waals surface area contributed by atoms with Gasteiger partial charge in [0.15, 0.2) is 0 Å². The van der Waals surface area contributed by atoms with E-state index >= 15 is 0 Å². The van der Waals surface area contributed by atoms with Crippen LogP contribution in [-0.4, -0.2) is 23.9 Å². The van der Waals surface area contributed by atoms with Crippen LogP contribution in [0.2, 0.25) is 0 Å². The topological polar surface area (TPSA) is 29.5 Å². The van der Waals surface area contributed by atoms with Gasteiger partial charge < -0.3 is 9.84 Å². The monoisotopic (exact) mass is 188 g/mol.